The third-order valence-electron chi connectivity index (χ3n) is 4.06. The van der Waals surface area contributed by atoms with E-state index in [4.69, 9.17) is 25.6 Å². The van der Waals surface area contributed by atoms with Crippen molar-refractivity contribution in [3.05, 3.63) is 17.4 Å². The van der Waals surface area contributed by atoms with E-state index in [0.717, 1.165) is 0 Å². The molecule has 2 rings (SSSR count). The van der Waals surface area contributed by atoms with Crippen LogP contribution in [0.1, 0.15) is 48.5 Å². The van der Waals surface area contributed by atoms with Gasteiger partial charge in [0, 0.05) is 17.9 Å². The molecule has 1 aliphatic rings. The summed E-state index contributed by atoms with van der Waals surface area (Å²) >= 11 is 6.22. The van der Waals surface area contributed by atoms with Gasteiger partial charge in [0.25, 0.3) is 0 Å². The van der Waals surface area contributed by atoms with E-state index < -0.39 is 30.0 Å². The van der Waals surface area contributed by atoms with Crippen molar-refractivity contribution < 1.29 is 18.8 Å². The molecule has 1 aromatic heterocycles. The zero-order valence-corrected chi connectivity index (χ0v) is 15.9. The van der Waals surface area contributed by atoms with Gasteiger partial charge in [-0.15, -0.1) is 0 Å². The summed E-state index contributed by atoms with van der Waals surface area (Å²) in [7, 11) is -0.689. The predicted octanol–water partition coefficient (Wildman–Crippen LogP) is 3.38. The van der Waals surface area contributed by atoms with E-state index in [0.29, 0.717) is 11.2 Å². The molecule has 2 heterocycles. The van der Waals surface area contributed by atoms with E-state index >= 15 is 0 Å². The number of anilines is 1. The Morgan fingerprint density at radius 2 is 1.75 bits per heavy atom. The fourth-order valence-corrected chi connectivity index (χ4v) is 2.35. The number of pyridine rings is 1. The average molecular weight is 355 g/mol. The van der Waals surface area contributed by atoms with E-state index in [9.17, 15) is 4.79 Å². The lowest BCUT2D eigenvalue weighted by Gasteiger charge is -2.32. The topological polar surface area (TPSA) is 69.7 Å². The van der Waals surface area contributed by atoms with Crippen LogP contribution in [0.2, 0.25) is 5.02 Å². The van der Waals surface area contributed by atoms with Gasteiger partial charge in [-0.25, -0.2) is 4.79 Å². The quantitative estimate of drug-likeness (QED) is 0.825. The van der Waals surface area contributed by atoms with Gasteiger partial charge in [-0.05, 0) is 48.5 Å². The van der Waals surface area contributed by atoms with Gasteiger partial charge in [-0.3, -0.25) is 10.3 Å². The predicted molar refractivity (Wildman–Crippen MR) is 94.8 cm³/mol. The number of carbonyl (C=O) groups excluding carboxylic acids is 1. The van der Waals surface area contributed by atoms with Crippen LogP contribution in [0.25, 0.3) is 0 Å². The standard InChI is InChI=1S/C16H24BClN2O4/c1-14(2,3)22-13(21)20-12-10(8-19-9-11(12)18)17-23-15(4,5)16(6,7)24-17/h8-9H,1-7H3,(H,19,20,21). The summed E-state index contributed by atoms with van der Waals surface area (Å²) in [5.74, 6) is 0. The van der Waals surface area contributed by atoms with Crippen LogP contribution in [-0.2, 0) is 14.0 Å². The third kappa shape index (κ3) is 4.02. The first-order valence-corrected chi connectivity index (χ1v) is 8.19. The molecule has 0 unspecified atom stereocenters. The monoisotopic (exact) mass is 354 g/mol. The molecule has 132 valence electrons. The highest BCUT2D eigenvalue weighted by Gasteiger charge is 2.52. The molecule has 8 heteroatoms. The van der Waals surface area contributed by atoms with Crippen molar-refractivity contribution in [3.63, 3.8) is 0 Å². The molecule has 0 radical (unpaired) electrons. The third-order valence-corrected chi connectivity index (χ3v) is 4.35. The van der Waals surface area contributed by atoms with Crippen LogP contribution in [0.4, 0.5) is 10.5 Å². The highest BCUT2D eigenvalue weighted by atomic mass is 35.5. The van der Waals surface area contributed by atoms with Gasteiger partial charge in [-0.2, -0.15) is 0 Å². The van der Waals surface area contributed by atoms with Gasteiger partial charge < -0.3 is 14.0 Å². The summed E-state index contributed by atoms with van der Waals surface area (Å²) in [5.41, 5.74) is -0.716. The van der Waals surface area contributed by atoms with Crippen molar-refractivity contribution in [3.8, 4) is 0 Å². The van der Waals surface area contributed by atoms with E-state index in [1.807, 2.05) is 27.7 Å². The average Bonchev–Trinajstić information content (AvgIpc) is 2.58. The summed E-state index contributed by atoms with van der Waals surface area (Å²) in [6, 6.07) is 0. The van der Waals surface area contributed by atoms with E-state index in [1.54, 1.807) is 27.0 Å². The van der Waals surface area contributed by atoms with E-state index in [2.05, 4.69) is 10.3 Å². The van der Waals surface area contributed by atoms with Crippen molar-refractivity contribution in [1.82, 2.24) is 4.98 Å². The fourth-order valence-electron chi connectivity index (χ4n) is 2.14. The minimum Gasteiger partial charge on any atom is -0.444 e. The smallest absolute Gasteiger partial charge is 0.444 e. The van der Waals surface area contributed by atoms with Crippen molar-refractivity contribution >= 4 is 36.0 Å². The number of ether oxygens (including phenoxy) is 1. The van der Waals surface area contributed by atoms with Crippen molar-refractivity contribution in [2.24, 2.45) is 0 Å². The van der Waals surface area contributed by atoms with Gasteiger partial charge in [0.05, 0.1) is 21.9 Å². The molecule has 1 N–H and O–H groups in total. The number of aromatic nitrogens is 1. The Morgan fingerprint density at radius 3 is 2.25 bits per heavy atom. The molecule has 0 bridgehead atoms. The zero-order valence-electron chi connectivity index (χ0n) is 15.2. The Balaban J connectivity index is 2.30. The highest BCUT2D eigenvalue weighted by molar-refractivity contribution is 6.64. The minimum atomic E-state index is -0.689. The van der Waals surface area contributed by atoms with Crippen LogP contribution in [-0.4, -0.2) is 35.0 Å². The zero-order chi connectivity index (χ0) is 18.3. The molecule has 1 aromatic rings. The molecule has 1 saturated heterocycles. The number of nitrogens with one attached hydrogen (secondary N) is 1. The summed E-state index contributed by atoms with van der Waals surface area (Å²) in [6.45, 7) is 13.2. The van der Waals surface area contributed by atoms with E-state index in [1.165, 1.54) is 6.20 Å². The first-order valence-electron chi connectivity index (χ1n) is 7.81. The van der Waals surface area contributed by atoms with Crippen molar-refractivity contribution in [2.45, 2.75) is 65.3 Å². The second kappa shape index (κ2) is 6.21. The van der Waals surface area contributed by atoms with Gasteiger partial charge in [0.1, 0.15) is 5.60 Å². The van der Waals surface area contributed by atoms with Crippen LogP contribution in [0.5, 0.6) is 0 Å². The molecular formula is C16H24BClN2O4. The lowest BCUT2D eigenvalue weighted by molar-refractivity contribution is 0.00578. The number of amides is 1. The molecule has 1 amide bonds. The maximum atomic E-state index is 12.1. The van der Waals surface area contributed by atoms with Crippen LogP contribution < -0.4 is 10.8 Å². The van der Waals surface area contributed by atoms with Crippen LogP contribution in [0.3, 0.4) is 0 Å². The number of halogens is 1. The number of rotatable bonds is 2. The molecule has 0 atom stereocenters. The Kier molecular flexibility index (Phi) is 4.92. The van der Waals surface area contributed by atoms with Gasteiger partial charge >= 0.3 is 13.2 Å². The van der Waals surface area contributed by atoms with Crippen LogP contribution >= 0.6 is 11.6 Å². The highest BCUT2D eigenvalue weighted by Crippen LogP contribution is 2.37. The van der Waals surface area contributed by atoms with E-state index in [-0.39, 0.29) is 5.02 Å². The Morgan fingerprint density at radius 1 is 1.21 bits per heavy atom. The van der Waals surface area contributed by atoms with Gasteiger partial charge in [0.15, 0.2) is 0 Å². The number of hydrogen-bond donors (Lipinski definition) is 1. The maximum absolute atomic E-state index is 12.1. The number of nitrogens with zero attached hydrogens (tertiary/aromatic N) is 1. The Hall–Kier alpha value is -1.31. The van der Waals surface area contributed by atoms with Crippen molar-refractivity contribution in [2.75, 3.05) is 5.32 Å². The van der Waals surface area contributed by atoms with Gasteiger partial charge in [0.2, 0.25) is 0 Å². The van der Waals surface area contributed by atoms with Gasteiger partial charge in [-0.1, -0.05) is 11.6 Å². The summed E-state index contributed by atoms with van der Waals surface area (Å²) in [4.78, 5) is 16.2. The summed E-state index contributed by atoms with van der Waals surface area (Å²) in [6.07, 6.45) is 2.41. The molecule has 0 aliphatic carbocycles. The normalized spacial score (nSPS) is 19.2. The number of hydrogen-bond acceptors (Lipinski definition) is 5. The lowest BCUT2D eigenvalue weighted by Crippen LogP contribution is -2.41. The molecule has 24 heavy (non-hydrogen) atoms. The molecule has 0 aromatic carbocycles. The molecule has 0 spiro atoms. The molecule has 0 saturated carbocycles. The molecule has 1 fully saturated rings. The largest absolute Gasteiger partial charge is 0.498 e. The number of carbonyl (C=O) groups is 1. The summed E-state index contributed by atoms with van der Waals surface area (Å²) in [5, 5.41) is 2.96. The minimum absolute atomic E-state index is 0.285. The Labute approximate surface area is 148 Å². The molecular weight excluding hydrogens is 330 g/mol. The van der Waals surface area contributed by atoms with Crippen molar-refractivity contribution in [1.29, 1.82) is 0 Å². The van der Waals surface area contributed by atoms with Crippen LogP contribution in [0.15, 0.2) is 12.4 Å². The first kappa shape index (κ1) is 19.0. The SMILES string of the molecule is CC(C)(C)OC(=O)Nc1c(Cl)cncc1B1OC(C)(C)C(C)(C)O1. The fraction of sp³-hybridized carbons (Fsp3) is 0.625. The molecule has 1 aliphatic heterocycles. The summed E-state index contributed by atoms with van der Waals surface area (Å²) < 4.78 is 17.3. The van der Waals surface area contributed by atoms with Crippen LogP contribution in [0, 0.1) is 0 Å². The second-order valence-corrected chi connectivity index (χ2v) is 8.21. The molecule has 6 nitrogen and oxygen atoms in total. The second-order valence-electron chi connectivity index (χ2n) is 7.80. The maximum Gasteiger partial charge on any atom is 0.498 e. The first-order chi connectivity index (χ1) is 10.8. The lowest BCUT2D eigenvalue weighted by atomic mass is 9.79. The Bertz CT molecular complexity index is 627.